The fourth-order valence-electron chi connectivity index (χ4n) is 1.73. The summed E-state index contributed by atoms with van der Waals surface area (Å²) in [7, 11) is 0. The van der Waals surface area contributed by atoms with E-state index in [4.69, 9.17) is 5.73 Å². The number of aryl methyl sites for hydroxylation is 2. The third kappa shape index (κ3) is 2.15. The van der Waals surface area contributed by atoms with Crippen LogP contribution in [0.1, 0.15) is 29.1 Å². The number of thiazole rings is 1. The fourth-order valence-corrected chi connectivity index (χ4v) is 2.75. The van der Waals surface area contributed by atoms with Crippen LogP contribution in [0.25, 0.3) is 10.6 Å². The Kier molecular flexibility index (Phi) is 3.08. The molecular formula is C13H16N2S. The van der Waals surface area contributed by atoms with Gasteiger partial charge in [0.15, 0.2) is 0 Å². The number of hydrogen-bond donors (Lipinski definition) is 1. The van der Waals surface area contributed by atoms with Crippen molar-refractivity contribution in [3.05, 3.63) is 40.4 Å². The van der Waals surface area contributed by atoms with Crippen molar-refractivity contribution in [3.63, 3.8) is 0 Å². The van der Waals surface area contributed by atoms with Crippen molar-refractivity contribution in [1.29, 1.82) is 0 Å². The first-order chi connectivity index (χ1) is 7.58. The molecule has 0 aliphatic carbocycles. The van der Waals surface area contributed by atoms with E-state index < -0.39 is 0 Å². The van der Waals surface area contributed by atoms with E-state index >= 15 is 0 Å². The summed E-state index contributed by atoms with van der Waals surface area (Å²) in [6.45, 7) is 6.12. The Bertz CT molecular complexity index is 500. The summed E-state index contributed by atoms with van der Waals surface area (Å²) in [6.07, 6.45) is 0. The first-order valence-corrected chi connectivity index (χ1v) is 6.19. The van der Waals surface area contributed by atoms with Crippen LogP contribution in [0.2, 0.25) is 0 Å². The Hall–Kier alpha value is -1.19. The first-order valence-electron chi connectivity index (χ1n) is 5.38. The normalized spacial score (nSPS) is 12.8. The van der Waals surface area contributed by atoms with Crippen molar-refractivity contribution < 1.29 is 0 Å². The molecule has 2 aromatic rings. The lowest BCUT2D eigenvalue weighted by Crippen LogP contribution is -2.03. The van der Waals surface area contributed by atoms with Crippen molar-refractivity contribution >= 4 is 11.3 Å². The van der Waals surface area contributed by atoms with Gasteiger partial charge in [0.25, 0.3) is 0 Å². The van der Waals surface area contributed by atoms with E-state index in [9.17, 15) is 0 Å². The summed E-state index contributed by atoms with van der Waals surface area (Å²) < 4.78 is 0. The molecule has 1 aromatic heterocycles. The lowest BCUT2D eigenvalue weighted by molar-refractivity contribution is 0.825. The Morgan fingerprint density at radius 2 is 2.06 bits per heavy atom. The van der Waals surface area contributed by atoms with E-state index in [1.54, 1.807) is 11.3 Å². The predicted octanol–water partition coefficient (Wildman–Crippen LogP) is 3.45. The van der Waals surface area contributed by atoms with E-state index in [1.807, 2.05) is 13.8 Å². The fraction of sp³-hybridized carbons (Fsp3) is 0.308. The third-order valence-electron chi connectivity index (χ3n) is 2.51. The zero-order chi connectivity index (χ0) is 11.7. The van der Waals surface area contributed by atoms with E-state index in [2.05, 4.69) is 36.2 Å². The maximum atomic E-state index is 5.91. The second kappa shape index (κ2) is 4.36. The molecule has 0 amide bonds. The number of rotatable bonds is 2. The van der Waals surface area contributed by atoms with Crippen LogP contribution < -0.4 is 5.73 Å². The molecule has 84 valence electrons. The van der Waals surface area contributed by atoms with E-state index in [0.717, 1.165) is 10.7 Å². The second-order valence-corrected chi connectivity index (χ2v) is 5.16. The highest BCUT2D eigenvalue weighted by Crippen LogP contribution is 2.31. The van der Waals surface area contributed by atoms with Crippen molar-refractivity contribution in [2.45, 2.75) is 26.8 Å². The highest BCUT2D eigenvalue weighted by molar-refractivity contribution is 7.15. The van der Waals surface area contributed by atoms with E-state index in [-0.39, 0.29) is 6.04 Å². The molecule has 0 spiro atoms. The van der Waals surface area contributed by atoms with Gasteiger partial charge in [-0.2, -0.15) is 0 Å². The van der Waals surface area contributed by atoms with Crippen molar-refractivity contribution in [1.82, 2.24) is 4.98 Å². The second-order valence-electron chi connectivity index (χ2n) is 4.13. The summed E-state index contributed by atoms with van der Waals surface area (Å²) >= 11 is 1.69. The van der Waals surface area contributed by atoms with Crippen LogP contribution in [0.5, 0.6) is 0 Å². The van der Waals surface area contributed by atoms with Gasteiger partial charge in [0, 0.05) is 16.5 Å². The van der Waals surface area contributed by atoms with Crippen LogP contribution in [-0.2, 0) is 0 Å². The van der Waals surface area contributed by atoms with Gasteiger partial charge >= 0.3 is 0 Å². The summed E-state index contributed by atoms with van der Waals surface area (Å²) in [5, 5.41) is 1.06. The van der Waals surface area contributed by atoms with Crippen LogP contribution in [0.4, 0.5) is 0 Å². The average molecular weight is 232 g/mol. The highest BCUT2D eigenvalue weighted by Gasteiger charge is 2.12. The number of hydrogen-bond acceptors (Lipinski definition) is 3. The number of benzene rings is 1. The molecule has 1 heterocycles. The van der Waals surface area contributed by atoms with Crippen LogP contribution in [-0.4, -0.2) is 4.98 Å². The molecule has 2 N–H and O–H groups in total. The van der Waals surface area contributed by atoms with Gasteiger partial charge in [0.2, 0.25) is 0 Å². The molecule has 0 aliphatic rings. The minimum Gasteiger partial charge on any atom is -0.323 e. The monoisotopic (exact) mass is 232 g/mol. The van der Waals surface area contributed by atoms with Gasteiger partial charge in [-0.3, -0.25) is 0 Å². The molecule has 2 rings (SSSR count). The standard InChI is InChI=1S/C13H16N2S/c1-8-5-4-6-11(7-8)13-15-10(3)12(16-13)9(2)14/h4-7,9H,14H2,1-3H3. The summed E-state index contributed by atoms with van der Waals surface area (Å²) in [5.74, 6) is 0. The highest BCUT2D eigenvalue weighted by atomic mass is 32.1. The molecule has 3 heteroatoms. The molecule has 0 saturated heterocycles. The smallest absolute Gasteiger partial charge is 0.123 e. The van der Waals surface area contributed by atoms with Gasteiger partial charge in [-0.25, -0.2) is 4.98 Å². The molecule has 0 aliphatic heterocycles. The Morgan fingerprint density at radius 3 is 2.62 bits per heavy atom. The topological polar surface area (TPSA) is 38.9 Å². The molecule has 1 atom stereocenters. The molecule has 0 bridgehead atoms. The average Bonchev–Trinajstić information content (AvgIpc) is 2.60. The van der Waals surface area contributed by atoms with Crippen molar-refractivity contribution in [2.24, 2.45) is 5.73 Å². The summed E-state index contributed by atoms with van der Waals surface area (Å²) in [6, 6.07) is 8.47. The maximum absolute atomic E-state index is 5.91. The molecule has 2 nitrogen and oxygen atoms in total. The largest absolute Gasteiger partial charge is 0.323 e. The molecule has 0 fully saturated rings. The van der Waals surface area contributed by atoms with Crippen LogP contribution in [0, 0.1) is 13.8 Å². The zero-order valence-corrected chi connectivity index (χ0v) is 10.6. The Balaban J connectivity index is 2.45. The molecular weight excluding hydrogens is 216 g/mol. The van der Waals surface area contributed by atoms with Crippen molar-refractivity contribution in [3.8, 4) is 10.6 Å². The molecule has 16 heavy (non-hydrogen) atoms. The lowest BCUT2D eigenvalue weighted by atomic mass is 10.1. The van der Waals surface area contributed by atoms with Gasteiger partial charge < -0.3 is 5.73 Å². The first kappa shape index (κ1) is 11.3. The SMILES string of the molecule is Cc1cccc(-c2nc(C)c(C(C)N)s2)c1. The molecule has 1 aromatic carbocycles. The van der Waals surface area contributed by atoms with Gasteiger partial charge in [-0.1, -0.05) is 23.8 Å². The van der Waals surface area contributed by atoms with Crippen molar-refractivity contribution in [2.75, 3.05) is 0 Å². The zero-order valence-electron chi connectivity index (χ0n) is 9.82. The maximum Gasteiger partial charge on any atom is 0.123 e. The van der Waals surface area contributed by atoms with Crippen LogP contribution in [0.15, 0.2) is 24.3 Å². The third-order valence-corrected chi connectivity index (χ3v) is 3.92. The van der Waals surface area contributed by atoms with E-state index in [1.165, 1.54) is 16.0 Å². The molecule has 0 radical (unpaired) electrons. The Morgan fingerprint density at radius 1 is 1.31 bits per heavy atom. The van der Waals surface area contributed by atoms with Crippen LogP contribution >= 0.6 is 11.3 Å². The summed E-state index contributed by atoms with van der Waals surface area (Å²) in [4.78, 5) is 5.76. The van der Waals surface area contributed by atoms with Gasteiger partial charge in [-0.05, 0) is 26.8 Å². The summed E-state index contributed by atoms with van der Waals surface area (Å²) in [5.41, 5.74) is 9.40. The molecule has 1 unspecified atom stereocenters. The van der Waals surface area contributed by atoms with Gasteiger partial charge in [-0.15, -0.1) is 11.3 Å². The van der Waals surface area contributed by atoms with E-state index in [0.29, 0.717) is 0 Å². The minimum atomic E-state index is 0.0658. The van der Waals surface area contributed by atoms with Gasteiger partial charge in [0.1, 0.15) is 5.01 Å². The number of nitrogens with two attached hydrogens (primary N) is 1. The quantitative estimate of drug-likeness (QED) is 0.861. The number of nitrogens with zero attached hydrogens (tertiary/aromatic N) is 1. The predicted molar refractivity (Wildman–Crippen MR) is 69.6 cm³/mol. The lowest BCUT2D eigenvalue weighted by Gasteiger charge is -2.00. The number of aromatic nitrogens is 1. The Labute approximate surface area is 100 Å². The molecule has 0 saturated carbocycles. The van der Waals surface area contributed by atoms with Crippen LogP contribution in [0.3, 0.4) is 0 Å². The minimum absolute atomic E-state index is 0.0658. The van der Waals surface area contributed by atoms with Gasteiger partial charge in [0.05, 0.1) is 5.69 Å².